The topological polar surface area (TPSA) is 95.5 Å². The number of rotatable bonds is 7. The zero-order valence-electron chi connectivity index (χ0n) is 24.4. The first-order valence-electron chi connectivity index (χ1n) is 14.0. The van der Waals surface area contributed by atoms with Gasteiger partial charge < -0.3 is 14.2 Å². The Balaban J connectivity index is 1.29. The van der Waals surface area contributed by atoms with Crippen molar-refractivity contribution in [3.63, 3.8) is 0 Å². The molecule has 9 nitrogen and oxygen atoms in total. The summed E-state index contributed by atoms with van der Waals surface area (Å²) in [6.45, 7) is 5.70. The number of nitrogens with zero attached hydrogens (tertiary/aromatic N) is 4. The fraction of sp³-hybridized carbons (Fsp3) is 0.312. The minimum atomic E-state index is -0.552. The Morgan fingerprint density at radius 1 is 0.953 bits per heavy atom. The summed E-state index contributed by atoms with van der Waals surface area (Å²) < 4.78 is 10.6. The number of amides is 1. The highest BCUT2D eigenvalue weighted by Crippen LogP contribution is 2.26. The summed E-state index contributed by atoms with van der Waals surface area (Å²) in [4.78, 5) is 54.5. The predicted molar refractivity (Wildman–Crippen MR) is 165 cm³/mol. The van der Waals surface area contributed by atoms with Crippen LogP contribution in [0.3, 0.4) is 0 Å². The van der Waals surface area contributed by atoms with Crippen LogP contribution in [0.15, 0.2) is 59.4 Å². The molecule has 1 unspecified atom stereocenters. The van der Waals surface area contributed by atoms with Crippen molar-refractivity contribution in [2.24, 2.45) is 13.0 Å². The molecule has 5 rings (SSSR count). The van der Waals surface area contributed by atoms with Crippen molar-refractivity contribution in [2.45, 2.75) is 33.6 Å². The molecule has 2 aromatic heterocycles. The van der Waals surface area contributed by atoms with E-state index in [1.165, 1.54) is 6.07 Å². The number of aromatic nitrogens is 3. The fourth-order valence-corrected chi connectivity index (χ4v) is 6.00. The molecule has 224 valence electrons. The van der Waals surface area contributed by atoms with Gasteiger partial charge in [0.15, 0.2) is 6.61 Å². The molecule has 1 amide bonds. The maximum Gasteiger partial charge on any atom is 0.311 e. The Bertz CT molecular complexity index is 1790. The molecule has 0 saturated carbocycles. The van der Waals surface area contributed by atoms with E-state index in [0.29, 0.717) is 52.6 Å². The van der Waals surface area contributed by atoms with Crippen LogP contribution in [0.5, 0.6) is 0 Å². The summed E-state index contributed by atoms with van der Waals surface area (Å²) in [5.74, 6) is -1.70. The first-order chi connectivity index (χ1) is 20.5. The van der Waals surface area contributed by atoms with E-state index in [0.717, 1.165) is 11.4 Å². The van der Waals surface area contributed by atoms with Gasteiger partial charge in [-0.3, -0.25) is 23.9 Å². The summed E-state index contributed by atoms with van der Waals surface area (Å²) in [5, 5.41) is 0.634. The van der Waals surface area contributed by atoms with Crippen molar-refractivity contribution in [3.8, 4) is 11.4 Å². The van der Waals surface area contributed by atoms with Crippen molar-refractivity contribution >= 4 is 40.9 Å². The summed E-state index contributed by atoms with van der Waals surface area (Å²) in [6.07, 6.45) is 1.17. The van der Waals surface area contributed by atoms with Gasteiger partial charge in [-0.25, -0.2) is 4.68 Å². The van der Waals surface area contributed by atoms with Gasteiger partial charge in [0.1, 0.15) is 5.69 Å². The number of hydrogen-bond acceptors (Lipinski definition) is 5. The fourth-order valence-electron chi connectivity index (χ4n) is 5.70. The monoisotopic (exact) mass is 622 g/mol. The number of likely N-dealkylation sites (tertiary alicyclic amines) is 1. The maximum atomic E-state index is 13.6. The molecule has 1 aliphatic rings. The first kappa shape index (κ1) is 30.4. The van der Waals surface area contributed by atoms with Crippen LogP contribution in [0.1, 0.15) is 50.6 Å². The molecule has 0 aliphatic carbocycles. The molecule has 1 aliphatic heterocycles. The van der Waals surface area contributed by atoms with Gasteiger partial charge >= 0.3 is 5.97 Å². The van der Waals surface area contributed by atoms with Gasteiger partial charge in [-0.15, -0.1) is 0 Å². The number of halogens is 2. The molecule has 2 aromatic carbocycles. The Labute approximate surface area is 259 Å². The minimum Gasteiger partial charge on any atom is -0.457 e. The molecular weight excluding hydrogens is 591 g/mol. The first-order valence-corrected chi connectivity index (χ1v) is 14.7. The second-order valence-electron chi connectivity index (χ2n) is 10.8. The average molecular weight is 624 g/mol. The van der Waals surface area contributed by atoms with E-state index in [9.17, 15) is 19.2 Å². The van der Waals surface area contributed by atoms with E-state index < -0.39 is 18.5 Å². The number of carbonyl (C=O) groups is 3. The SMILES string of the molecule is Cc1cc(C(=O)COC(=O)C2CCCN(C(=O)c3ccc(Cl)c(Cl)c3)C2)c(C)n1-c1c(C)n(C)n(-c2ccccc2)c1=O. The highest BCUT2D eigenvalue weighted by molar-refractivity contribution is 6.42. The van der Waals surface area contributed by atoms with E-state index in [-0.39, 0.29) is 28.8 Å². The number of carbonyl (C=O) groups excluding carboxylic acids is 3. The van der Waals surface area contributed by atoms with Crippen molar-refractivity contribution in [1.82, 2.24) is 18.8 Å². The third-order valence-corrected chi connectivity index (χ3v) is 8.77. The third kappa shape index (κ3) is 5.79. The van der Waals surface area contributed by atoms with Crippen molar-refractivity contribution in [2.75, 3.05) is 19.7 Å². The molecule has 0 radical (unpaired) electrons. The number of Topliss-reactive ketones (excluding diaryl/α,β-unsaturated/α-hetero) is 1. The summed E-state index contributed by atoms with van der Waals surface area (Å²) in [5.41, 5.74) is 3.76. The van der Waals surface area contributed by atoms with Crippen molar-refractivity contribution < 1.29 is 19.1 Å². The Morgan fingerprint density at radius 3 is 2.37 bits per heavy atom. The molecule has 3 heterocycles. The average Bonchev–Trinajstić information content (AvgIpc) is 3.42. The van der Waals surface area contributed by atoms with E-state index in [1.54, 1.807) is 44.0 Å². The Morgan fingerprint density at radius 2 is 1.67 bits per heavy atom. The molecule has 1 fully saturated rings. The zero-order valence-corrected chi connectivity index (χ0v) is 25.9. The second kappa shape index (κ2) is 12.3. The van der Waals surface area contributed by atoms with Gasteiger partial charge in [-0.1, -0.05) is 41.4 Å². The van der Waals surface area contributed by atoms with Gasteiger partial charge in [-0.05, 0) is 70.0 Å². The highest BCUT2D eigenvalue weighted by Gasteiger charge is 2.31. The molecule has 0 bridgehead atoms. The molecular formula is C32H32Cl2N4O5. The highest BCUT2D eigenvalue weighted by atomic mass is 35.5. The lowest BCUT2D eigenvalue weighted by atomic mass is 9.97. The number of aryl methyl sites for hydroxylation is 1. The van der Waals surface area contributed by atoms with Crippen LogP contribution in [-0.2, 0) is 16.6 Å². The Kier molecular flexibility index (Phi) is 8.66. The second-order valence-corrected chi connectivity index (χ2v) is 11.6. The van der Waals surface area contributed by atoms with E-state index in [1.807, 2.05) is 51.2 Å². The van der Waals surface area contributed by atoms with E-state index in [4.69, 9.17) is 27.9 Å². The van der Waals surface area contributed by atoms with E-state index in [2.05, 4.69) is 0 Å². The van der Waals surface area contributed by atoms with Crippen LogP contribution < -0.4 is 5.56 Å². The number of piperidine rings is 1. The number of ketones is 1. The van der Waals surface area contributed by atoms with Crippen LogP contribution in [0.25, 0.3) is 11.4 Å². The van der Waals surface area contributed by atoms with Crippen LogP contribution in [0, 0.1) is 26.7 Å². The van der Waals surface area contributed by atoms with Crippen molar-refractivity contribution in [3.05, 3.63) is 103 Å². The van der Waals surface area contributed by atoms with Crippen LogP contribution in [0.4, 0.5) is 0 Å². The molecule has 43 heavy (non-hydrogen) atoms. The molecule has 0 spiro atoms. The zero-order chi connectivity index (χ0) is 31.0. The van der Waals surface area contributed by atoms with E-state index >= 15 is 0 Å². The minimum absolute atomic E-state index is 0.182. The summed E-state index contributed by atoms with van der Waals surface area (Å²) >= 11 is 12.0. The lowest BCUT2D eigenvalue weighted by Crippen LogP contribution is -2.43. The van der Waals surface area contributed by atoms with Crippen LogP contribution in [-0.4, -0.2) is 56.2 Å². The maximum absolute atomic E-state index is 13.6. The van der Waals surface area contributed by atoms with Gasteiger partial charge in [0.2, 0.25) is 5.78 Å². The predicted octanol–water partition coefficient (Wildman–Crippen LogP) is 5.48. The normalized spacial score (nSPS) is 15.0. The van der Waals surface area contributed by atoms with Gasteiger partial charge in [0, 0.05) is 42.7 Å². The molecule has 0 N–H and O–H groups in total. The number of esters is 1. The van der Waals surface area contributed by atoms with Crippen LogP contribution >= 0.6 is 23.2 Å². The van der Waals surface area contributed by atoms with Crippen molar-refractivity contribution in [1.29, 1.82) is 0 Å². The largest absolute Gasteiger partial charge is 0.457 e. The number of para-hydroxylation sites is 1. The molecule has 4 aromatic rings. The number of benzene rings is 2. The van der Waals surface area contributed by atoms with Gasteiger partial charge in [0.25, 0.3) is 11.5 Å². The molecule has 1 atom stereocenters. The summed E-state index contributed by atoms with van der Waals surface area (Å²) in [6, 6.07) is 15.7. The van der Waals surface area contributed by atoms with Gasteiger partial charge in [-0.2, -0.15) is 0 Å². The number of hydrogen-bond donors (Lipinski definition) is 0. The number of ether oxygens (including phenoxy) is 1. The van der Waals surface area contributed by atoms with Crippen LogP contribution in [0.2, 0.25) is 10.0 Å². The standard InChI is InChI=1S/C32H32Cl2N4O5/c1-19-15-25(20(2)37(19)29-21(3)35(4)38(31(29)41)24-10-6-5-7-11-24)28(39)18-43-32(42)23-9-8-14-36(17-23)30(40)22-12-13-26(33)27(34)16-22/h5-7,10-13,15-16,23H,8-9,14,17-18H2,1-4H3. The lowest BCUT2D eigenvalue weighted by Gasteiger charge is -2.31. The Hall–Kier alpha value is -4.08. The molecule has 11 heteroatoms. The lowest BCUT2D eigenvalue weighted by molar-refractivity contribution is -0.148. The summed E-state index contributed by atoms with van der Waals surface area (Å²) in [7, 11) is 1.82. The third-order valence-electron chi connectivity index (χ3n) is 8.03. The molecule has 1 saturated heterocycles. The smallest absolute Gasteiger partial charge is 0.311 e. The quantitative estimate of drug-likeness (QED) is 0.201. The van der Waals surface area contributed by atoms with Gasteiger partial charge in [0.05, 0.1) is 27.3 Å².